The zero-order valence-corrected chi connectivity index (χ0v) is 12.9. The van der Waals surface area contributed by atoms with Crippen LogP contribution in [0.1, 0.15) is 18.4 Å². The highest BCUT2D eigenvalue weighted by Gasteiger charge is 2.35. The molecule has 2 aliphatic heterocycles. The van der Waals surface area contributed by atoms with Crippen LogP contribution in [0.5, 0.6) is 0 Å². The Kier molecular flexibility index (Phi) is 4.45. The lowest BCUT2D eigenvalue weighted by atomic mass is 10.2. The van der Waals surface area contributed by atoms with Gasteiger partial charge in [-0.15, -0.1) is 0 Å². The van der Waals surface area contributed by atoms with Crippen LogP contribution < -0.4 is 0 Å². The molecule has 1 aromatic carbocycles. The molecule has 2 fully saturated rings. The first-order chi connectivity index (χ1) is 9.77. The molecule has 20 heavy (non-hydrogen) atoms. The molecule has 0 radical (unpaired) electrons. The van der Waals surface area contributed by atoms with Crippen molar-refractivity contribution in [2.45, 2.75) is 12.8 Å². The zero-order valence-electron chi connectivity index (χ0n) is 12.1. The fraction of sp³-hybridized carbons (Fsp3) is 0.529. The molecule has 0 aliphatic carbocycles. The quantitative estimate of drug-likeness (QED) is 0.773. The zero-order chi connectivity index (χ0) is 13.8. The summed E-state index contributed by atoms with van der Waals surface area (Å²) in [6.07, 6.45) is 7.27. The molecular weight excluding hydrogens is 268 g/mol. The van der Waals surface area contributed by atoms with Crippen LogP contribution >= 0.6 is 11.6 Å². The molecule has 1 aromatic rings. The Morgan fingerprint density at radius 3 is 2.45 bits per heavy atom. The van der Waals surface area contributed by atoms with Gasteiger partial charge in [0, 0.05) is 37.5 Å². The van der Waals surface area contributed by atoms with Gasteiger partial charge in [0.15, 0.2) is 0 Å². The minimum absolute atomic E-state index is 0.837. The molecule has 0 N–H and O–H groups in total. The third-order valence-corrected chi connectivity index (χ3v) is 5.21. The number of hydrogen-bond donors (Lipinski definition) is 0. The average Bonchev–Trinajstić information content (AvgIpc) is 2.92. The van der Waals surface area contributed by atoms with E-state index in [9.17, 15) is 0 Å². The molecule has 3 rings (SSSR count). The van der Waals surface area contributed by atoms with Gasteiger partial charge in [-0.2, -0.15) is 0 Å². The summed E-state index contributed by atoms with van der Waals surface area (Å²) in [5.41, 5.74) is 1.12. The van der Waals surface area contributed by atoms with Crippen molar-refractivity contribution in [2.75, 3.05) is 45.8 Å². The van der Waals surface area contributed by atoms with Crippen LogP contribution in [-0.2, 0) is 0 Å². The van der Waals surface area contributed by atoms with Crippen molar-refractivity contribution < 1.29 is 4.48 Å². The van der Waals surface area contributed by atoms with Crippen molar-refractivity contribution in [3.05, 3.63) is 40.9 Å². The molecule has 0 unspecified atom stereocenters. The Morgan fingerprint density at radius 2 is 1.75 bits per heavy atom. The third-order valence-electron chi connectivity index (χ3n) is 4.86. The van der Waals surface area contributed by atoms with Crippen molar-refractivity contribution in [1.29, 1.82) is 0 Å². The lowest BCUT2D eigenvalue weighted by Gasteiger charge is -2.41. The third kappa shape index (κ3) is 3.25. The van der Waals surface area contributed by atoms with Crippen molar-refractivity contribution in [1.82, 2.24) is 4.90 Å². The molecule has 0 bridgehead atoms. The molecule has 0 saturated carbocycles. The van der Waals surface area contributed by atoms with Gasteiger partial charge in [-0.25, -0.2) is 0 Å². The Balaban J connectivity index is 1.49. The largest absolute Gasteiger partial charge is 0.321 e. The van der Waals surface area contributed by atoms with E-state index in [1.54, 1.807) is 0 Å². The minimum atomic E-state index is 0.837. The second-order valence-corrected chi connectivity index (χ2v) is 6.57. The summed E-state index contributed by atoms with van der Waals surface area (Å²) in [5.74, 6) is 0. The molecular formula is C17H24ClN2+. The average molecular weight is 292 g/mol. The maximum atomic E-state index is 6.16. The Labute approximate surface area is 127 Å². The number of halogens is 1. The van der Waals surface area contributed by atoms with E-state index >= 15 is 0 Å². The summed E-state index contributed by atoms with van der Waals surface area (Å²) < 4.78 is 1.39. The van der Waals surface area contributed by atoms with Crippen molar-refractivity contribution in [3.8, 4) is 0 Å². The summed E-state index contributed by atoms with van der Waals surface area (Å²) >= 11 is 6.16. The maximum Gasteiger partial charge on any atom is 0.0916 e. The summed E-state index contributed by atoms with van der Waals surface area (Å²) in [6, 6.07) is 8.03. The molecule has 0 aromatic heterocycles. The highest BCUT2D eigenvalue weighted by Crippen LogP contribution is 2.22. The van der Waals surface area contributed by atoms with Crippen molar-refractivity contribution in [2.24, 2.45) is 0 Å². The topological polar surface area (TPSA) is 3.24 Å². The second kappa shape index (κ2) is 6.30. The highest BCUT2D eigenvalue weighted by atomic mass is 35.5. The fourth-order valence-corrected chi connectivity index (χ4v) is 3.70. The lowest BCUT2D eigenvalue weighted by molar-refractivity contribution is -0.920. The summed E-state index contributed by atoms with van der Waals surface area (Å²) in [7, 11) is 0. The van der Waals surface area contributed by atoms with Crippen LogP contribution in [0.15, 0.2) is 30.3 Å². The van der Waals surface area contributed by atoms with E-state index in [0.717, 1.165) is 17.1 Å². The van der Waals surface area contributed by atoms with E-state index in [-0.39, 0.29) is 0 Å². The van der Waals surface area contributed by atoms with Crippen LogP contribution in [0.3, 0.4) is 0 Å². The van der Waals surface area contributed by atoms with Gasteiger partial charge in [0.1, 0.15) is 0 Å². The molecule has 2 saturated heterocycles. The Morgan fingerprint density at radius 1 is 1.05 bits per heavy atom. The first-order valence-electron chi connectivity index (χ1n) is 7.76. The molecule has 2 nitrogen and oxygen atoms in total. The predicted molar refractivity (Wildman–Crippen MR) is 85.9 cm³/mol. The Bertz CT molecular complexity index is 468. The normalized spacial score (nSPS) is 22.9. The van der Waals surface area contributed by atoms with Gasteiger partial charge in [-0.3, -0.25) is 4.90 Å². The molecule has 3 heteroatoms. The first-order valence-corrected chi connectivity index (χ1v) is 8.14. The fourth-order valence-electron chi connectivity index (χ4n) is 3.51. The first kappa shape index (κ1) is 14.1. The van der Waals surface area contributed by atoms with E-state index < -0.39 is 0 Å². The molecule has 2 aliphatic rings. The van der Waals surface area contributed by atoms with E-state index in [1.165, 1.54) is 56.6 Å². The summed E-state index contributed by atoms with van der Waals surface area (Å²) in [4.78, 5) is 2.56. The number of quaternary nitrogens is 1. The second-order valence-electron chi connectivity index (χ2n) is 6.17. The summed E-state index contributed by atoms with van der Waals surface area (Å²) in [6.45, 7) is 9.07. The number of nitrogens with zero attached hydrogens (tertiary/aromatic N) is 2. The minimum Gasteiger partial charge on any atom is -0.321 e. The highest BCUT2D eigenvalue weighted by molar-refractivity contribution is 6.32. The van der Waals surface area contributed by atoms with Crippen molar-refractivity contribution >= 4 is 17.7 Å². The molecule has 1 spiro atoms. The van der Waals surface area contributed by atoms with Crippen LogP contribution in [0.25, 0.3) is 6.08 Å². The van der Waals surface area contributed by atoms with Gasteiger partial charge < -0.3 is 4.48 Å². The smallest absolute Gasteiger partial charge is 0.0916 e. The van der Waals surface area contributed by atoms with Gasteiger partial charge in [0.05, 0.1) is 26.2 Å². The molecule has 0 amide bonds. The standard InChI is InChI=1S/C17H24ClN2/c18-17-8-2-1-6-16(17)7-5-9-19-10-14-20(15-11-19)12-3-4-13-20/h1-2,5-8H,3-4,9-15H2/q+1/b7-5+. The molecule has 0 atom stereocenters. The van der Waals surface area contributed by atoms with Crippen LogP contribution in [0, 0.1) is 0 Å². The van der Waals surface area contributed by atoms with Gasteiger partial charge in [0.2, 0.25) is 0 Å². The van der Waals surface area contributed by atoms with E-state index in [2.05, 4.69) is 23.1 Å². The summed E-state index contributed by atoms with van der Waals surface area (Å²) in [5, 5.41) is 0.837. The van der Waals surface area contributed by atoms with Gasteiger partial charge in [-0.05, 0) is 11.6 Å². The number of rotatable bonds is 3. The van der Waals surface area contributed by atoms with Crippen molar-refractivity contribution in [3.63, 3.8) is 0 Å². The van der Waals surface area contributed by atoms with Crippen LogP contribution in [0.4, 0.5) is 0 Å². The number of benzene rings is 1. The Hall–Kier alpha value is -0.830. The number of hydrogen-bond acceptors (Lipinski definition) is 1. The predicted octanol–water partition coefficient (Wildman–Crippen LogP) is 3.28. The van der Waals surface area contributed by atoms with Crippen LogP contribution in [0.2, 0.25) is 5.02 Å². The number of piperazine rings is 1. The van der Waals surface area contributed by atoms with E-state index in [1.807, 2.05) is 18.2 Å². The molecule has 108 valence electrons. The van der Waals surface area contributed by atoms with Gasteiger partial charge in [-0.1, -0.05) is 42.0 Å². The molecule has 2 heterocycles. The van der Waals surface area contributed by atoms with Gasteiger partial charge >= 0.3 is 0 Å². The van der Waals surface area contributed by atoms with E-state index in [4.69, 9.17) is 11.6 Å². The van der Waals surface area contributed by atoms with E-state index in [0.29, 0.717) is 0 Å². The maximum absolute atomic E-state index is 6.16. The SMILES string of the molecule is Clc1ccccc1/C=C/CN1CC[N+]2(CCCC2)CC1. The monoisotopic (exact) mass is 291 g/mol. The van der Waals surface area contributed by atoms with Gasteiger partial charge in [0.25, 0.3) is 0 Å². The lowest BCUT2D eigenvalue weighted by Crippen LogP contribution is -2.57. The van der Waals surface area contributed by atoms with Crippen LogP contribution in [-0.4, -0.2) is 55.2 Å².